The highest BCUT2D eigenvalue weighted by Gasteiger charge is 2.33. The fraction of sp³-hybridized carbons (Fsp3) is 0.286. The third-order valence-electron chi connectivity index (χ3n) is 8.85. The van der Waals surface area contributed by atoms with Gasteiger partial charge in [0.2, 0.25) is 0 Å². The molecule has 1 amide bonds. The second-order valence-electron chi connectivity index (χ2n) is 13.0. The number of methoxy groups -OCH3 is 1. The first-order chi connectivity index (χ1) is 25.1. The van der Waals surface area contributed by atoms with Gasteiger partial charge in [-0.05, 0) is 84.0 Å². The number of ether oxygens (including phenoxy) is 2. The van der Waals surface area contributed by atoms with E-state index in [1.165, 1.54) is 12.1 Å². The zero-order valence-corrected chi connectivity index (χ0v) is 29.6. The SMILES string of the molecule is COc1ccc(COCN(C(=O)c2c(-c3ccccc3)c(-c3ccc(F)cc3)n(CC[C@@H](O)C[C@@H](O)CC(=O)O)c2C(C)C)c2ccccc2)cc1. The number of amides is 1. The lowest BCUT2D eigenvalue weighted by Crippen LogP contribution is -2.34. The van der Waals surface area contributed by atoms with Gasteiger partial charge in [-0.1, -0.05) is 74.5 Å². The van der Waals surface area contributed by atoms with E-state index >= 15 is 4.79 Å². The van der Waals surface area contributed by atoms with Crippen molar-refractivity contribution in [2.75, 3.05) is 18.7 Å². The number of aliphatic hydroxyl groups is 2. The summed E-state index contributed by atoms with van der Waals surface area (Å²) in [5, 5.41) is 30.3. The molecule has 0 aliphatic carbocycles. The van der Waals surface area contributed by atoms with Crippen molar-refractivity contribution in [1.82, 2.24) is 4.57 Å². The standard InChI is InChI=1S/C42H45FN2O7/c1-28(2)40-39(42(50)45(33-12-8-5-9-13-33)27-52-26-29-14-20-36(51-3)21-15-29)38(30-10-6-4-7-11-30)41(31-16-18-32(43)19-17-31)44(40)23-22-34(46)24-35(47)25-37(48)49/h4-21,28,34-35,46-47H,22-27H2,1-3H3,(H,48,49)/t34-,35-/m1/s1. The number of para-hydroxylation sites is 1. The lowest BCUT2D eigenvalue weighted by Gasteiger charge is -2.25. The van der Waals surface area contributed by atoms with Gasteiger partial charge in [-0.2, -0.15) is 0 Å². The topological polar surface area (TPSA) is 121 Å². The smallest absolute Gasteiger partial charge is 0.305 e. The van der Waals surface area contributed by atoms with Crippen LogP contribution < -0.4 is 9.64 Å². The Hall–Kier alpha value is -5.29. The molecule has 0 unspecified atom stereocenters. The highest BCUT2D eigenvalue weighted by molar-refractivity contribution is 6.13. The van der Waals surface area contributed by atoms with E-state index in [0.717, 1.165) is 16.9 Å². The van der Waals surface area contributed by atoms with Gasteiger partial charge in [0.15, 0.2) is 0 Å². The summed E-state index contributed by atoms with van der Waals surface area (Å²) in [4.78, 5) is 28.0. The van der Waals surface area contributed by atoms with Gasteiger partial charge in [0, 0.05) is 23.5 Å². The van der Waals surface area contributed by atoms with Crippen molar-refractivity contribution in [3.8, 4) is 28.1 Å². The number of carboxylic acids is 1. The summed E-state index contributed by atoms with van der Waals surface area (Å²) in [6.45, 7) is 4.40. The molecule has 0 bridgehead atoms. The predicted molar refractivity (Wildman–Crippen MR) is 199 cm³/mol. The molecule has 0 saturated heterocycles. The molecular formula is C42H45FN2O7. The molecule has 9 nitrogen and oxygen atoms in total. The van der Waals surface area contributed by atoms with Crippen LogP contribution >= 0.6 is 0 Å². The van der Waals surface area contributed by atoms with E-state index in [2.05, 4.69) is 0 Å². The van der Waals surface area contributed by atoms with E-state index in [9.17, 15) is 19.4 Å². The second-order valence-corrected chi connectivity index (χ2v) is 13.0. The van der Waals surface area contributed by atoms with Crippen molar-refractivity contribution in [3.05, 3.63) is 132 Å². The zero-order valence-electron chi connectivity index (χ0n) is 29.6. The van der Waals surface area contributed by atoms with Crippen LogP contribution in [0.15, 0.2) is 109 Å². The number of carbonyl (C=O) groups is 2. The fourth-order valence-corrected chi connectivity index (χ4v) is 6.44. The minimum absolute atomic E-state index is 0.0577. The molecule has 0 aliphatic heterocycles. The van der Waals surface area contributed by atoms with Crippen LogP contribution in [-0.4, -0.2) is 57.8 Å². The highest BCUT2D eigenvalue weighted by Crippen LogP contribution is 2.43. The number of nitrogens with zero attached hydrogens (tertiary/aromatic N) is 2. The lowest BCUT2D eigenvalue weighted by atomic mass is 9.94. The zero-order chi connectivity index (χ0) is 37.2. The second kappa shape index (κ2) is 17.8. The predicted octanol–water partition coefficient (Wildman–Crippen LogP) is 7.89. The molecule has 0 fully saturated rings. The van der Waals surface area contributed by atoms with Gasteiger partial charge in [-0.15, -0.1) is 0 Å². The van der Waals surface area contributed by atoms with Gasteiger partial charge in [0.25, 0.3) is 5.91 Å². The van der Waals surface area contributed by atoms with Gasteiger partial charge in [0.05, 0.1) is 43.6 Å². The number of carbonyl (C=O) groups excluding carboxylic acids is 1. The molecule has 0 radical (unpaired) electrons. The molecule has 5 aromatic rings. The van der Waals surface area contributed by atoms with E-state index in [-0.39, 0.29) is 44.5 Å². The maximum Gasteiger partial charge on any atom is 0.305 e. The van der Waals surface area contributed by atoms with E-state index in [4.69, 9.17) is 14.6 Å². The quantitative estimate of drug-likeness (QED) is 0.0841. The van der Waals surface area contributed by atoms with Crippen LogP contribution in [0.4, 0.5) is 10.1 Å². The third-order valence-corrected chi connectivity index (χ3v) is 8.85. The van der Waals surface area contributed by atoms with Crippen LogP contribution in [-0.2, 0) is 22.7 Å². The number of rotatable bonds is 17. The largest absolute Gasteiger partial charge is 0.497 e. The Morgan fingerprint density at radius 1 is 0.827 bits per heavy atom. The number of halogens is 1. The van der Waals surface area contributed by atoms with E-state index in [0.29, 0.717) is 33.8 Å². The van der Waals surface area contributed by atoms with Crippen LogP contribution in [0, 0.1) is 5.82 Å². The number of hydrogen-bond acceptors (Lipinski definition) is 6. The van der Waals surface area contributed by atoms with E-state index in [1.54, 1.807) is 24.1 Å². The Morgan fingerprint density at radius 3 is 2.06 bits per heavy atom. The summed E-state index contributed by atoms with van der Waals surface area (Å²) in [6.07, 6.45) is -2.68. The maximum absolute atomic E-state index is 15.2. The summed E-state index contributed by atoms with van der Waals surface area (Å²) in [6, 6.07) is 32.4. The molecule has 10 heteroatoms. The minimum atomic E-state index is -1.22. The number of aromatic nitrogens is 1. The van der Waals surface area contributed by atoms with Crippen LogP contribution in [0.25, 0.3) is 22.4 Å². The monoisotopic (exact) mass is 708 g/mol. The number of aliphatic hydroxyl groups excluding tert-OH is 2. The molecule has 0 aliphatic rings. The average molecular weight is 709 g/mol. The number of anilines is 1. The van der Waals surface area contributed by atoms with E-state index < -0.39 is 30.4 Å². The molecule has 3 N–H and O–H groups in total. The Bertz CT molecular complexity index is 1910. The Morgan fingerprint density at radius 2 is 1.46 bits per heavy atom. The Labute approximate surface area is 303 Å². The van der Waals surface area contributed by atoms with Crippen molar-refractivity contribution in [2.45, 2.75) is 64.4 Å². The molecule has 5 rings (SSSR count). The van der Waals surface area contributed by atoms with Crippen molar-refractivity contribution >= 4 is 17.6 Å². The van der Waals surface area contributed by atoms with Gasteiger partial charge < -0.3 is 29.4 Å². The molecule has 1 heterocycles. The molecule has 2 atom stereocenters. The van der Waals surface area contributed by atoms with Gasteiger partial charge in [-0.25, -0.2) is 4.39 Å². The number of hydrogen-bond donors (Lipinski definition) is 3. The fourth-order valence-electron chi connectivity index (χ4n) is 6.44. The van der Waals surface area contributed by atoms with Crippen molar-refractivity contribution in [2.24, 2.45) is 0 Å². The molecule has 4 aromatic carbocycles. The Balaban J connectivity index is 1.65. The van der Waals surface area contributed by atoms with Crippen LogP contribution in [0.3, 0.4) is 0 Å². The summed E-state index contributed by atoms with van der Waals surface area (Å²) in [5.41, 5.74) is 5.45. The first kappa shape index (κ1) is 38.0. The first-order valence-corrected chi connectivity index (χ1v) is 17.3. The minimum Gasteiger partial charge on any atom is -0.497 e. The summed E-state index contributed by atoms with van der Waals surface area (Å²) < 4.78 is 27.8. The van der Waals surface area contributed by atoms with Gasteiger partial charge in [0.1, 0.15) is 18.3 Å². The Kier molecular flexibility index (Phi) is 13.0. The number of aliphatic carboxylic acids is 1. The molecule has 52 heavy (non-hydrogen) atoms. The molecule has 0 spiro atoms. The average Bonchev–Trinajstić information content (AvgIpc) is 3.48. The number of carboxylic acid groups (broad SMARTS) is 1. The van der Waals surface area contributed by atoms with Crippen molar-refractivity contribution < 1.29 is 38.8 Å². The summed E-state index contributed by atoms with van der Waals surface area (Å²) in [5.74, 6) is -1.33. The van der Waals surface area contributed by atoms with Crippen LogP contribution in [0.5, 0.6) is 5.75 Å². The van der Waals surface area contributed by atoms with E-state index in [1.807, 2.05) is 103 Å². The normalized spacial score (nSPS) is 12.4. The first-order valence-electron chi connectivity index (χ1n) is 17.3. The molecule has 1 aromatic heterocycles. The lowest BCUT2D eigenvalue weighted by molar-refractivity contribution is -0.139. The summed E-state index contributed by atoms with van der Waals surface area (Å²) in [7, 11) is 1.60. The maximum atomic E-state index is 15.2. The number of benzene rings is 4. The highest BCUT2D eigenvalue weighted by atomic mass is 19.1. The van der Waals surface area contributed by atoms with Crippen molar-refractivity contribution in [1.29, 1.82) is 0 Å². The molecular weight excluding hydrogens is 663 g/mol. The van der Waals surface area contributed by atoms with Gasteiger partial charge >= 0.3 is 5.97 Å². The van der Waals surface area contributed by atoms with Crippen LogP contribution in [0.2, 0.25) is 0 Å². The third kappa shape index (κ3) is 9.33. The summed E-state index contributed by atoms with van der Waals surface area (Å²) >= 11 is 0. The van der Waals surface area contributed by atoms with Gasteiger partial charge in [-0.3, -0.25) is 14.5 Å². The van der Waals surface area contributed by atoms with Crippen molar-refractivity contribution in [3.63, 3.8) is 0 Å². The van der Waals surface area contributed by atoms with Crippen LogP contribution in [0.1, 0.15) is 60.6 Å². The molecule has 272 valence electrons. The molecule has 0 saturated carbocycles.